The number of rotatable bonds is 4. The van der Waals surface area contributed by atoms with E-state index < -0.39 is 0 Å². The van der Waals surface area contributed by atoms with Gasteiger partial charge in [-0.1, -0.05) is 26.8 Å². The molecule has 1 atom stereocenters. The van der Waals surface area contributed by atoms with Gasteiger partial charge in [-0.2, -0.15) is 0 Å². The second-order valence-electron chi connectivity index (χ2n) is 2.58. The molecule has 0 aromatic rings. The van der Waals surface area contributed by atoms with Gasteiger partial charge in [0.05, 0.1) is 0 Å². The summed E-state index contributed by atoms with van der Waals surface area (Å²) in [5.74, 6) is -0.136. The third-order valence-electron chi connectivity index (χ3n) is 1.63. The molecular weight excluding hydrogens is 126 g/mol. The Morgan fingerprint density at radius 3 is 2.50 bits per heavy atom. The van der Waals surface area contributed by atoms with Gasteiger partial charge in [0, 0.05) is 5.57 Å². The molecular formula is C8H15NO. The van der Waals surface area contributed by atoms with Gasteiger partial charge in [-0.3, -0.25) is 4.79 Å². The van der Waals surface area contributed by atoms with Crippen molar-refractivity contribution in [2.45, 2.75) is 26.7 Å². The van der Waals surface area contributed by atoms with Gasteiger partial charge >= 0.3 is 0 Å². The van der Waals surface area contributed by atoms with Crippen LogP contribution in [0.4, 0.5) is 0 Å². The van der Waals surface area contributed by atoms with Crippen molar-refractivity contribution < 1.29 is 4.79 Å². The van der Waals surface area contributed by atoms with Crippen LogP contribution in [0.25, 0.3) is 0 Å². The lowest BCUT2D eigenvalue weighted by molar-refractivity contribution is -0.115. The number of hydrogen-bond donors (Lipinski definition) is 1. The van der Waals surface area contributed by atoms with E-state index in [1.54, 1.807) is 0 Å². The maximum atomic E-state index is 10.5. The van der Waals surface area contributed by atoms with Crippen molar-refractivity contribution in [1.29, 1.82) is 0 Å². The summed E-state index contributed by atoms with van der Waals surface area (Å²) in [6.07, 6.45) is 2.05. The summed E-state index contributed by atoms with van der Waals surface area (Å²) in [6, 6.07) is 0. The monoisotopic (exact) mass is 141 g/mol. The van der Waals surface area contributed by atoms with Gasteiger partial charge in [0.1, 0.15) is 0 Å². The highest BCUT2D eigenvalue weighted by molar-refractivity contribution is 5.91. The standard InChI is InChI=1S/C8H15NO/c1-4-5-6(2)7(3)8(9)10/h6H,3-5H2,1-2H3,(H2,9,10). The van der Waals surface area contributed by atoms with Crippen LogP contribution in [0, 0.1) is 5.92 Å². The zero-order chi connectivity index (χ0) is 8.15. The third kappa shape index (κ3) is 2.67. The van der Waals surface area contributed by atoms with E-state index in [2.05, 4.69) is 13.5 Å². The average Bonchev–Trinajstić information content (AvgIpc) is 1.87. The minimum atomic E-state index is -0.374. The summed E-state index contributed by atoms with van der Waals surface area (Å²) in [5.41, 5.74) is 5.57. The molecule has 2 heteroatoms. The van der Waals surface area contributed by atoms with Gasteiger partial charge in [0.2, 0.25) is 5.91 Å². The molecule has 0 bridgehead atoms. The number of amides is 1. The highest BCUT2D eigenvalue weighted by Gasteiger charge is 2.09. The maximum absolute atomic E-state index is 10.5. The topological polar surface area (TPSA) is 43.1 Å². The van der Waals surface area contributed by atoms with Crippen molar-refractivity contribution in [3.05, 3.63) is 12.2 Å². The van der Waals surface area contributed by atoms with E-state index in [1.165, 1.54) is 0 Å². The lowest BCUT2D eigenvalue weighted by atomic mass is 9.97. The minimum absolute atomic E-state index is 0.238. The third-order valence-corrected chi connectivity index (χ3v) is 1.63. The number of hydrogen-bond acceptors (Lipinski definition) is 1. The molecule has 10 heavy (non-hydrogen) atoms. The molecule has 2 N–H and O–H groups in total. The number of primary amides is 1. The van der Waals surface area contributed by atoms with E-state index in [9.17, 15) is 4.79 Å². The van der Waals surface area contributed by atoms with Crippen molar-refractivity contribution >= 4 is 5.91 Å². The van der Waals surface area contributed by atoms with Crippen LogP contribution in [-0.4, -0.2) is 5.91 Å². The van der Waals surface area contributed by atoms with Crippen LogP contribution < -0.4 is 5.73 Å². The second-order valence-corrected chi connectivity index (χ2v) is 2.58. The predicted molar refractivity (Wildman–Crippen MR) is 42.4 cm³/mol. The Labute approximate surface area is 62.1 Å². The van der Waals surface area contributed by atoms with Gasteiger partial charge < -0.3 is 5.73 Å². The van der Waals surface area contributed by atoms with Gasteiger partial charge in [-0.05, 0) is 12.3 Å². The van der Waals surface area contributed by atoms with Gasteiger partial charge in [-0.15, -0.1) is 0 Å². The Bertz CT molecular complexity index is 140. The molecule has 0 aliphatic carbocycles. The van der Waals surface area contributed by atoms with Crippen LogP contribution in [0.15, 0.2) is 12.2 Å². The number of carbonyl (C=O) groups excluding carboxylic acids is 1. The highest BCUT2D eigenvalue weighted by atomic mass is 16.1. The first-order valence-electron chi connectivity index (χ1n) is 3.58. The van der Waals surface area contributed by atoms with Gasteiger partial charge in [0.15, 0.2) is 0 Å². The molecule has 0 saturated carbocycles. The van der Waals surface area contributed by atoms with Crippen LogP contribution in [0.3, 0.4) is 0 Å². The van der Waals surface area contributed by atoms with E-state index in [0.29, 0.717) is 5.57 Å². The summed E-state index contributed by atoms with van der Waals surface area (Å²) in [6.45, 7) is 7.64. The highest BCUT2D eigenvalue weighted by Crippen LogP contribution is 2.13. The molecule has 0 saturated heterocycles. The normalized spacial score (nSPS) is 12.6. The second kappa shape index (κ2) is 4.09. The summed E-state index contributed by atoms with van der Waals surface area (Å²) in [4.78, 5) is 10.5. The molecule has 0 spiro atoms. The number of carbonyl (C=O) groups is 1. The molecule has 0 rings (SSSR count). The zero-order valence-corrected chi connectivity index (χ0v) is 6.68. The molecule has 0 aromatic heterocycles. The molecule has 1 amide bonds. The summed E-state index contributed by atoms with van der Waals surface area (Å²) >= 11 is 0. The first kappa shape index (κ1) is 9.21. The van der Waals surface area contributed by atoms with Crippen LogP contribution in [0.2, 0.25) is 0 Å². The summed E-state index contributed by atoms with van der Waals surface area (Å²) in [5, 5.41) is 0. The SMILES string of the molecule is C=C(C(N)=O)C(C)CCC. The molecule has 2 nitrogen and oxygen atoms in total. The van der Waals surface area contributed by atoms with E-state index in [-0.39, 0.29) is 11.8 Å². The molecule has 1 unspecified atom stereocenters. The predicted octanol–water partition coefficient (Wildman–Crippen LogP) is 1.46. The molecule has 0 aromatic carbocycles. The van der Waals surface area contributed by atoms with Crippen molar-refractivity contribution in [3.63, 3.8) is 0 Å². The van der Waals surface area contributed by atoms with Crippen molar-refractivity contribution in [2.24, 2.45) is 11.7 Å². The number of nitrogens with two attached hydrogens (primary N) is 1. The van der Waals surface area contributed by atoms with Crippen LogP contribution >= 0.6 is 0 Å². The molecule has 58 valence electrons. The summed E-state index contributed by atoms with van der Waals surface area (Å²) in [7, 11) is 0. The molecule has 0 radical (unpaired) electrons. The van der Waals surface area contributed by atoms with E-state index in [1.807, 2.05) is 6.92 Å². The average molecular weight is 141 g/mol. The fourth-order valence-corrected chi connectivity index (χ4v) is 0.850. The summed E-state index contributed by atoms with van der Waals surface area (Å²) < 4.78 is 0. The van der Waals surface area contributed by atoms with E-state index in [0.717, 1.165) is 12.8 Å². The van der Waals surface area contributed by atoms with E-state index >= 15 is 0 Å². The maximum Gasteiger partial charge on any atom is 0.244 e. The van der Waals surface area contributed by atoms with Crippen molar-refractivity contribution in [2.75, 3.05) is 0 Å². The van der Waals surface area contributed by atoms with Crippen molar-refractivity contribution in [3.8, 4) is 0 Å². The lowest BCUT2D eigenvalue weighted by Crippen LogP contribution is -2.17. The Kier molecular flexibility index (Phi) is 3.77. The fraction of sp³-hybridized carbons (Fsp3) is 0.625. The van der Waals surface area contributed by atoms with Crippen LogP contribution in [0.5, 0.6) is 0 Å². The van der Waals surface area contributed by atoms with Gasteiger partial charge in [0.25, 0.3) is 0 Å². The molecule has 0 aliphatic heterocycles. The Hall–Kier alpha value is -0.790. The fourth-order valence-electron chi connectivity index (χ4n) is 0.850. The largest absolute Gasteiger partial charge is 0.366 e. The zero-order valence-electron chi connectivity index (χ0n) is 6.68. The van der Waals surface area contributed by atoms with E-state index in [4.69, 9.17) is 5.73 Å². The smallest absolute Gasteiger partial charge is 0.244 e. The molecule has 0 fully saturated rings. The van der Waals surface area contributed by atoms with Gasteiger partial charge in [-0.25, -0.2) is 0 Å². The van der Waals surface area contributed by atoms with Crippen molar-refractivity contribution in [1.82, 2.24) is 0 Å². The Morgan fingerprint density at radius 1 is 1.70 bits per heavy atom. The minimum Gasteiger partial charge on any atom is -0.366 e. The lowest BCUT2D eigenvalue weighted by Gasteiger charge is -2.08. The quantitative estimate of drug-likeness (QED) is 0.592. The first-order valence-corrected chi connectivity index (χ1v) is 3.58. The Morgan fingerprint density at radius 2 is 2.20 bits per heavy atom. The molecule has 0 aliphatic rings. The van der Waals surface area contributed by atoms with Crippen LogP contribution in [0.1, 0.15) is 26.7 Å². The molecule has 0 heterocycles. The van der Waals surface area contributed by atoms with Crippen LogP contribution in [-0.2, 0) is 4.79 Å². The Balaban J connectivity index is 3.82. The first-order chi connectivity index (χ1) is 4.59.